The number of nitrogens with zero attached hydrogens (tertiary/aromatic N) is 1. The maximum absolute atomic E-state index is 11.9. The van der Waals surface area contributed by atoms with Crippen LogP contribution in [0.2, 0.25) is 0 Å². The van der Waals surface area contributed by atoms with Crippen molar-refractivity contribution < 1.29 is 23.5 Å². The van der Waals surface area contributed by atoms with Gasteiger partial charge in [0.2, 0.25) is 11.5 Å². The Morgan fingerprint density at radius 1 is 1.15 bits per heavy atom. The lowest BCUT2D eigenvalue weighted by atomic mass is 10.2. The molecule has 2 aromatic rings. The Hall–Kier alpha value is -2.70. The number of carbonyl (C=O) groups excluding carboxylic acids is 1. The van der Waals surface area contributed by atoms with E-state index in [1.54, 1.807) is 12.1 Å². The number of rotatable bonds is 5. The first-order valence-corrected chi connectivity index (χ1v) is 5.71. The molecule has 1 amide bonds. The first kappa shape index (κ1) is 13.7. The predicted molar refractivity (Wildman–Crippen MR) is 70.6 cm³/mol. The second-order valence-electron chi connectivity index (χ2n) is 3.74. The van der Waals surface area contributed by atoms with Crippen molar-refractivity contribution in [1.29, 1.82) is 0 Å². The lowest BCUT2D eigenvalue weighted by Gasteiger charge is -2.14. The van der Waals surface area contributed by atoms with Gasteiger partial charge >= 0.3 is 0 Å². The highest BCUT2D eigenvalue weighted by atomic mass is 16.5. The van der Waals surface area contributed by atoms with E-state index in [2.05, 4.69) is 10.5 Å². The third-order valence-electron chi connectivity index (χ3n) is 2.58. The number of hydrogen-bond acceptors (Lipinski definition) is 6. The average Bonchev–Trinajstić information content (AvgIpc) is 3.00. The zero-order valence-electron chi connectivity index (χ0n) is 11.3. The van der Waals surface area contributed by atoms with E-state index in [9.17, 15) is 4.79 Å². The van der Waals surface area contributed by atoms with Crippen molar-refractivity contribution in [2.24, 2.45) is 0 Å². The molecule has 1 aromatic heterocycles. The Morgan fingerprint density at radius 2 is 1.80 bits per heavy atom. The number of hydrogen-bond donors (Lipinski definition) is 1. The number of ether oxygens (including phenoxy) is 3. The summed E-state index contributed by atoms with van der Waals surface area (Å²) >= 11 is 0. The van der Waals surface area contributed by atoms with Crippen molar-refractivity contribution in [3.63, 3.8) is 0 Å². The summed E-state index contributed by atoms with van der Waals surface area (Å²) in [6.45, 7) is 0. The molecule has 7 heteroatoms. The maximum atomic E-state index is 11.9. The van der Waals surface area contributed by atoms with E-state index < -0.39 is 5.91 Å². The molecule has 0 fully saturated rings. The minimum atomic E-state index is -0.420. The quantitative estimate of drug-likeness (QED) is 0.900. The Morgan fingerprint density at radius 3 is 2.25 bits per heavy atom. The standard InChI is InChI=1S/C13H14N2O5/c1-17-10-6-8(7-11(18-2)12(10)19-3)15-13(16)9-4-5-14-20-9/h4-7H,1-3H3,(H,15,16). The summed E-state index contributed by atoms with van der Waals surface area (Å²) in [7, 11) is 4.51. The van der Waals surface area contributed by atoms with Gasteiger partial charge in [0, 0.05) is 23.9 Å². The van der Waals surface area contributed by atoms with Gasteiger partial charge in [-0.3, -0.25) is 4.79 Å². The van der Waals surface area contributed by atoms with Crippen LogP contribution in [-0.4, -0.2) is 32.4 Å². The smallest absolute Gasteiger partial charge is 0.294 e. The second kappa shape index (κ2) is 5.96. The molecular formula is C13H14N2O5. The van der Waals surface area contributed by atoms with Gasteiger partial charge in [0.05, 0.1) is 27.5 Å². The van der Waals surface area contributed by atoms with Crippen LogP contribution in [0.4, 0.5) is 5.69 Å². The Labute approximate surface area is 115 Å². The highest BCUT2D eigenvalue weighted by Crippen LogP contribution is 2.39. The van der Waals surface area contributed by atoms with Gasteiger partial charge in [-0.05, 0) is 0 Å². The highest BCUT2D eigenvalue weighted by molar-refractivity contribution is 6.02. The van der Waals surface area contributed by atoms with Crippen molar-refractivity contribution in [3.8, 4) is 17.2 Å². The highest BCUT2D eigenvalue weighted by Gasteiger charge is 2.16. The van der Waals surface area contributed by atoms with Crippen molar-refractivity contribution in [2.75, 3.05) is 26.6 Å². The lowest BCUT2D eigenvalue weighted by Crippen LogP contribution is -2.11. The summed E-state index contributed by atoms with van der Waals surface area (Å²) in [4.78, 5) is 11.9. The van der Waals surface area contributed by atoms with Crippen LogP contribution in [-0.2, 0) is 0 Å². The fourth-order valence-electron chi connectivity index (χ4n) is 1.68. The number of nitrogens with one attached hydrogen (secondary N) is 1. The number of amides is 1. The Kier molecular flexibility index (Phi) is 4.09. The fraction of sp³-hybridized carbons (Fsp3) is 0.231. The zero-order valence-corrected chi connectivity index (χ0v) is 11.3. The average molecular weight is 278 g/mol. The molecule has 106 valence electrons. The summed E-state index contributed by atoms with van der Waals surface area (Å²) in [5.41, 5.74) is 0.487. The van der Waals surface area contributed by atoms with Crippen LogP contribution in [0.3, 0.4) is 0 Å². The Bertz CT molecular complexity index is 570. The van der Waals surface area contributed by atoms with Crippen molar-refractivity contribution in [3.05, 3.63) is 30.2 Å². The predicted octanol–water partition coefficient (Wildman–Crippen LogP) is 1.95. The normalized spacial score (nSPS) is 9.95. The SMILES string of the molecule is COc1cc(NC(=O)c2ccno2)cc(OC)c1OC. The van der Waals surface area contributed by atoms with Crippen LogP contribution in [0.15, 0.2) is 28.9 Å². The second-order valence-corrected chi connectivity index (χ2v) is 3.74. The monoisotopic (exact) mass is 278 g/mol. The molecule has 0 saturated heterocycles. The molecule has 1 aromatic carbocycles. The molecule has 0 aliphatic heterocycles. The van der Waals surface area contributed by atoms with E-state index in [4.69, 9.17) is 18.7 Å². The van der Waals surface area contributed by atoms with Gasteiger partial charge in [0.15, 0.2) is 11.5 Å². The summed E-state index contributed by atoms with van der Waals surface area (Å²) < 4.78 is 20.4. The van der Waals surface area contributed by atoms with Gasteiger partial charge in [-0.15, -0.1) is 0 Å². The van der Waals surface area contributed by atoms with Gasteiger partial charge in [-0.25, -0.2) is 0 Å². The molecule has 0 aliphatic carbocycles. The molecule has 7 nitrogen and oxygen atoms in total. The van der Waals surface area contributed by atoms with E-state index >= 15 is 0 Å². The minimum absolute atomic E-state index is 0.110. The molecule has 0 radical (unpaired) electrons. The molecule has 0 atom stereocenters. The van der Waals surface area contributed by atoms with Gasteiger partial charge in [-0.1, -0.05) is 5.16 Å². The van der Waals surface area contributed by atoms with Crippen LogP contribution in [0.25, 0.3) is 0 Å². The van der Waals surface area contributed by atoms with E-state index in [0.717, 1.165) is 0 Å². The molecule has 0 bridgehead atoms. The van der Waals surface area contributed by atoms with Crippen molar-refractivity contribution in [1.82, 2.24) is 5.16 Å². The lowest BCUT2D eigenvalue weighted by molar-refractivity contribution is 0.0988. The molecule has 0 aliphatic rings. The first-order valence-electron chi connectivity index (χ1n) is 5.71. The minimum Gasteiger partial charge on any atom is -0.493 e. The molecule has 1 N–H and O–H groups in total. The Balaban J connectivity index is 2.30. The van der Waals surface area contributed by atoms with Gasteiger partial charge in [-0.2, -0.15) is 0 Å². The topological polar surface area (TPSA) is 82.8 Å². The summed E-state index contributed by atoms with van der Waals surface area (Å²) in [5.74, 6) is 1.03. The summed E-state index contributed by atoms with van der Waals surface area (Å²) in [6, 6.07) is 4.71. The third-order valence-corrected chi connectivity index (χ3v) is 2.58. The summed E-state index contributed by atoms with van der Waals surface area (Å²) in [5, 5.41) is 6.13. The first-order chi connectivity index (χ1) is 9.69. The number of benzene rings is 1. The van der Waals surface area contributed by atoms with E-state index in [1.165, 1.54) is 33.6 Å². The van der Waals surface area contributed by atoms with Gasteiger partial charge < -0.3 is 24.1 Å². The van der Waals surface area contributed by atoms with Crippen molar-refractivity contribution in [2.45, 2.75) is 0 Å². The number of carbonyl (C=O) groups is 1. The molecule has 0 unspecified atom stereocenters. The maximum Gasteiger partial charge on any atom is 0.294 e. The summed E-state index contributed by atoms with van der Waals surface area (Å²) in [6.07, 6.45) is 1.39. The number of methoxy groups -OCH3 is 3. The molecule has 1 heterocycles. The molecule has 0 spiro atoms. The zero-order chi connectivity index (χ0) is 14.5. The van der Waals surface area contributed by atoms with E-state index in [0.29, 0.717) is 22.9 Å². The van der Waals surface area contributed by atoms with Gasteiger partial charge in [0.25, 0.3) is 5.91 Å². The third kappa shape index (κ3) is 2.66. The molecule has 20 heavy (non-hydrogen) atoms. The number of aromatic nitrogens is 1. The molecule has 0 saturated carbocycles. The largest absolute Gasteiger partial charge is 0.493 e. The van der Waals surface area contributed by atoms with Crippen LogP contribution in [0.5, 0.6) is 17.2 Å². The van der Waals surface area contributed by atoms with Crippen LogP contribution < -0.4 is 19.5 Å². The number of anilines is 1. The van der Waals surface area contributed by atoms with E-state index in [-0.39, 0.29) is 5.76 Å². The molecule has 2 rings (SSSR count). The van der Waals surface area contributed by atoms with E-state index in [1.807, 2.05) is 0 Å². The van der Waals surface area contributed by atoms with Crippen LogP contribution in [0, 0.1) is 0 Å². The van der Waals surface area contributed by atoms with Crippen LogP contribution >= 0.6 is 0 Å². The van der Waals surface area contributed by atoms with Crippen molar-refractivity contribution >= 4 is 11.6 Å². The van der Waals surface area contributed by atoms with Crippen LogP contribution in [0.1, 0.15) is 10.6 Å². The fourth-order valence-corrected chi connectivity index (χ4v) is 1.68. The van der Waals surface area contributed by atoms with Gasteiger partial charge in [0.1, 0.15) is 0 Å². The molecular weight excluding hydrogens is 264 g/mol.